The molecule has 2 aliphatic heterocycles. The first-order valence-corrected chi connectivity index (χ1v) is 10.2. The van der Waals surface area contributed by atoms with Crippen LogP contribution >= 0.6 is 0 Å². The van der Waals surface area contributed by atoms with Gasteiger partial charge in [-0.15, -0.1) is 0 Å². The number of ether oxygens (including phenoxy) is 1. The number of rotatable bonds is 6. The van der Waals surface area contributed by atoms with Crippen LogP contribution in [0.25, 0.3) is 0 Å². The molecule has 27 heavy (non-hydrogen) atoms. The van der Waals surface area contributed by atoms with Crippen molar-refractivity contribution in [2.45, 2.75) is 32.1 Å². The molecule has 6 nitrogen and oxygen atoms in total. The van der Waals surface area contributed by atoms with Crippen LogP contribution in [0.4, 0.5) is 0 Å². The van der Waals surface area contributed by atoms with E-state index in [9.17, 15) is 9.59 Å². The first-order chi connectivity index (χ1) is 13.2. The van der Waals surface area contributed by atoms with Crippen LogP contribution in [0, 0.1) is 0 Å². The van der Waals surface area contributed by atoms with E-state index in [1.54, 1.807) is 0 Å². The number of nitrogens with zero attached hydrogens (tertiary/aromatic N) is 3. The number of likely N-dealkylation sites (tertiary alicyclic amines) is 1. The average Bonchev–Trinajstić information content (AvgIpc) is 2.99. The van der Waals surface area contributed by atoms with Crippen LogP contribution < -0.4 is 4.74 Å². The van der Waals surface area contributed by atoms with E-state index in [0.29, 0.717) is 32.7 Å². The Bertz CT molecular complexity index is 592. The first-order valence-electron chi connectivity index (χ1n) is 10.2. The molecule has 6 heteroatoms. The third kappa shape index (κ3) is 6.24. The number of benzene rings is 1. The summed E-state index contributed by atoms with van der Waals surface area (Å²) in [5, 5.41) is 0. The molecule has 2 saturated heterocycles. The van der Waals surface area contributed by atoms with Gasteiger partial charge in [-0.25, -0.2) is 0 Å². The summed E-state index contributed by atoms with van der Waals surface area (Å²) in [6, 6.07) is 9.57. The molecular weight excluding hydrogens is 342 g/mol. The summed E-state index contributed by atoms with van der Waals surface area (Å²) in [7, 11) is 0. The average molecular weight is 373 g/mol. The second kappa shape index (κ2) is 10.3. The lowest BCUT2D eigenvalue weighted by atomic mass is 10.2. The highest BCUT2D eigenvalue weighted by molar-refractivity contribution is 5.78. The van der Waals surface area contributed by atoms with Gasteiger partial charge >= 0.3 is 0 Å². The summed E-state index contributed by atoms with van der Waals surface area (Å²) in [6.45, 7) is 5.61. The predicted molar refractivity (Wildman–Crippen MR) is 105 cm³/mol. The Kier molecular flexibility index (Phi) is 7.51. The largest absolute Gasteiger partial charge is 0.493 e. The molecular formula is C21H31N3O3. The number of amides is 2. The smallest absolute Gasteiger partial charge is 0.236 e. The third-order valence-corrected chi connectivity index (χ3v) is 5.37. The van der Waals surface area contributed by atoms with E-state index in [1.807, 2.05) is 40.1 Å². The second-order valence-electron chi connectivity index (χ2n) is 7.36. The van der Waals surface area contributed by atoms with Gasteiger partial charge in [0.25, 0.3) is 0 Å². The van der Waals surface area contributed by atoms with Gasteiger partial charge < -0.3 is 14.5 Å². The highest BCUT2D eigenvalue weighted by Gasteiger charge is 2.24. The number of hydrogen-bond acceptors (Lipinski definition) is 4. The Labute approximate surface area is 162 Å². The van der Waals surface area contributed by atoms with Gasteiger partial charge in [0, 0.05) is 39.3 Å². The Morgan fingerprint density at radius 3 is 2.07 bits per heavy atom. The minimum atomic E-state index is 0.129. The Balaban J connectivity index is 1.34. The zero-order valence-corrected chi connectivity index (χ0v) is 16.1. The maximum Gasteiger partial charge on any atom is 0.236 e. The molecule has 2 aliphatic rings. The van der Waals surface area contributed by atoms with Crippen molar-refractivity contribution >= 4 is 11.8 Å². The number of hydrogen-bond donors (Lipinski definition) is 0. The molecule has 1 aromatic carbocycles. The minimum absolute atomic E-state index is 0.129. The van der Waals surface area contributed by atoms with Crippen molar-refractivity contribution in [3.05, 3.63) is 30.3 Å². The molecule has 0 aliphatic carbocycles. The van der Waals surface area contributed by atoms with Crippen molar-refractivity contribution in [3.8, 4) is 5.75 Å². The SMILES string of the molecule is O=C(CCOc1ccccc1)N1CCN(CC(=O)N2CCCCCC2)CC1. The topological polar surface area (TPSA) is 53.1 Å². The van der Waals surface area contributed by atoms with E-state index in [1.165, 1.54) is 12.8 Å². The first kappa shape index (κ1) is 19.7. The monoisotopic (exact) mass is 373 g/mol. The maximum absolute atomic E-state index is 12.5. The van der Waals surface area contributed by atoms with Gasteiger partial charge in [0.05, 0.1) is 19.6 Å². The van der Waals surface area contributed by atoms with Gasteiger partial charge in [-0.05, 0) is 25.0 Å². The summed E-state index contributed by atoms with van der Waals surface area (Å²) in [6.07, 6.45) is 5.11. The number of para-hydroxylation sites is 1. The molecule has 3 rings (SSSR count). The quantitative estimate of drug-likeness (QED) is 0.765. The number of carbonyl (C=O) groups excluding carboxylic acids is 2. The van der Waals surface area contributed by atoms with Gasteiger partial charge in [0.15, 0.2) is 0 Å². The number of carbonyl (C=O) groups is 2. The molecule has 0 saturated carbocycles. The molecule has 0 unspecified atom stereocenters. The zero-order chi connectivity index (χ0) is 18.9. The van der Waals surface area contributed by atoms with Crippen LogP contribution in [0.2, 0.25) is 0 Å². The van der Waals surface area contributed by atoms with Crippen molar-refractivity contribution in [1.82, 2.24) is 14.7 Å². The molecule has 2 amide bonds. The summed E-state index contributed by atoms with van der Waals surface area (Å²) in [4.78, 5) is 30.9. The molecule has 0 radical (unpaired) electrons. The van der Waals surface area contributed by atoms with E-state index in [-0.39, 0.29) is 11.8 Å². The van der Waals surface area contributed by atoms with Crippen molar-refractivity contribution in [1.29, 1.82) is 0 Å². The normalized spacial score (nSPS) is 18.8. The van der Waals surface area contributed by atoms with Gasteiger partial charge in [-0.1, -0.05) is 31.0 Å². The third-order valence-electron chi connectivity index (χ3n) is 5.37. The molecule has 0 aromatic heterocycles. The molecule has 0 N–H and O–H groups in total. The van der Waals surface area contributed by atoms with Crippen LogP contribution in [-0.4, -0.2) is 78.9 Å². The van der Waals surface area contributed by atoms with Crippen LogP contribution in [-0.2, 0) is 9.59 Å². The van der Waals surface area contributed by atoms with Crippen molar-refractivity contribution < 1.29 is 14.3 Å². The Hall–Kier alpha value is -2.08. The van der Waals surface area contributed by atoms with Gasteiger partial charge in [-0.2, -0.15) is 0 Å². The van der Waals surface area contributed by atoms with Gasteiger partial charge in [0.1, 0.15) is 5.75 Å². The summed E-state index contributed by atoms with van der Waals surface area (Å²) >= 11 is 0. The van der Waals surface area contributed by atoms with E-state index >= 15 is 0 Å². The van der Waals surface area contributed by atoms with E-state index in [2.05, 4.69) is 4.90 Å². The van der Waals surface area contributed by atoms with E-state index in [0.717, 1.165) is 44.8 Å². The summed E-state index contributed by atoms with van der Waals surface area (Å²) < 4.78 is 5.61. The lowest BCUT2D eigenvalue weighted by Crippen LogP contribution is -2.51. The Morgan fingerprint density at radius 1 is 0.778 bits per heavy atom. The van der Waals surface area contributed by atoms with Crippen molar-refractivity contribution in [2.24, 2.45) is 0 Å². The molecule has 2 fully saturated rings. The highest BCUT2D eigenvalue weighted by atomic mass is 16.5. The van der Waals surface area contributed by atoms with Crippen LogP contribution in [0.1, 0.15) is 32.1 Å². The fourth-order valence-corrected chi connectivity index (χ4v) is 3.70. The predicted octanol–water partition coefficient (Wildman–Crippen LogP) is 2.00. The molecule has 1 aromatic rings. The van der Waals surface area contributed by atoms with Gasteiger partial charge in [0.2, 0.25) is 11.8 Å². The summed E-state index contributed by atoms with van der Waals surface area (Å²) in [5.74, 6) is 1.17. The van der Waals surface area contributed by atoms with Crippen LogP contribution in [0.5, 0.6) is 5.75 Å². The highest BCUT2D eigenvalue weighted by Crippen LogP contribution is 2.12. The van der Waals surface area contributed by atoms with Crippen molar-refractivity contribution in [2.75, 3.05) is 52.4 Å². The molecule has 2 heterocycles. The van der Waals surface area contributed by atoms with Crippen molar-refractivity contribution in [3.63, 3.8) is 0 Å². The fourth-order valence-electron chi connectivity index (χ4n) is 3.70. The molecule has 0 bridgehead atoms. The fraction of sp³-hybridized carbons (Fsp3) is 0.619. The molecule has 0 atom stereocenters. The van der Waals surface area contributed by atoms with E-state index in [4.69, 9.17) is 4.74 Å². The number of piperazine rings is 1. The zero-order valence-electron chi connectivity index (χ0n) is 16.1. The lowest BCUT2D eigenvalue weighted by molar-refractivity contribution is -0.135. The molecule has 0 spiro atoms. The van der Waals surface area contributed by atoms with E-state index < -0.39 is 0 Å². The van der Waals surface area contributed by atoms with Crippen LogP contribution in [0.3, 0.4) is 0 Å². The standard InChI is InChI=1S/C21H31N3O3/c25-20(10-17-27-19-8-4-3-5-9-19)24-15-13-22(14-16-24)18-21(26)23-11-6-1-2-7-12-23/h3-5,8-9H,1-2,6-7,10-18H2. The lowest BCUT2D eigenvalue weighted by Gasteiger charge is -2.35. The maximum atomic E-state index is 12.5. The molecule has 148 valence electrons. The second-order valence-corrected chi connectivity index (χ2v) is 7.36. The van der Waals surface area contributed by atoms with Crippen LogP contribution in [0.15, 0.2) is 30.3 Å². The summed E-state index contributed by atoms with van der Waals surface area (Å²) in [5.41, 5.74) is 0. The van der Waals surface area contributed by atoms with Gasteiger partial charge in [-0.3, -0.25) is 14.5 Å². The minimum Gasteiger partial charge on any atom is -0.493 e. The Morgan fingerprint density at radius 2 is 1.41 bits per heavy atom.